The fourth-order valence-corrected chi connectivity index (χ4v) is 4.69. The maximum atomic E-state index is 14.7. The molecule has 6 rings (SSSR count). The Bertz CT molecular complexity index is 1510. The molecule has 182 valence electrons. The first kappa shape index (κ1) is 22.2. The fraction of sp³-hybridized carbons (Fsp3) is 0.185. The fourth-order valence-electron chi connectivity index (χ4n) is 4.69. The molecule has 0 atom stereocenters. The number of fused-ring (bicyclic) bond motifs is 2. The van der Waals surface area contributed by atoms with Crippen molar-refractivity contribution in [1.82, 2.24) is 10.4 Å². The van der Waals surface area contributed by atoms with Gasteiger partial charge in [-0.25, -0.2) is 13.2 Å². The van der Waals surface area contributed by atoms with Gasteiger partial charge < -0.3 is 9.64 Å². The second-order valence-corrected chi connectivity index (χ2v) is 8.72. The van der Waals surface area contributed by atoms with Gasteiger partial charge in [-0.05, 0) is 24.6 Å². The maximum Gasteiger partial charge on any atom is 0.273 e. The van der Waals surface area contributed by atoms with E-state index in [1.807, 2.05) is 24.3 Å². The Labute approximate surface area is 204 Å². The Hall–Kier alpha value is -4.27. The molecule has 6 nitrogen and oxygen atoms in total. The van der Waals surface area contributed by atoms with Crippen molar-refractivity contribution in [2.45, 2.75) is 6.42 Å². The highest BCUT2D eigenvalue weighted by molar-refractivity contribution is 6.10. The third-order valence-electron chi connectivity index (χ3n) is 6.53. The van der Waals surface area contributed by atoms with Crippen molar-refractivity contribution >= 4 is 28.2 Å². The molecule has 36 heavy (non-hydrogen) atoms. The molecule has 0 saturated carbocycles. The summed E-state index contributed by atoms with van der Waals surface area (Å²) in [7, 11) is 0. The lowest BCUT2D eigenvalue weighted by molar-refractivity contribution is 0.0945. The number of amides is 1. The number of hydrazine groups is 1. The van der Waals surface area contributed by atoms with E-state index in [0.29, 0.717) is 47.1 Å². The molecule has 9 heteroatoms. The Morgan fingerprint density at radius 2 is 1.81 bits per heavy atom. The number of anilines is 2. The van der Waals surface area contributed by atoms with E-state index in [-0.39, 0.29) is 17.0 Å². The van der Waals surface area contributed by atoms with E-state index in [4.69, 9.17) is 4.74 Å². The van der Waals surface area contributed by atoms with Gasteiger partial charge in [0.25, 0.3) is 5.91 Å². The van der Waals surface area contributed by atoms with Crippen molar-refractivity contribution in [3.63, 3.8) is 0 Å². The number of hydrogen-bond donors (Lipinski definition) is 1. The predicted molar refractivity (Wildman–Crippen MR) is 131 cm³/mol. The van der Waals surface area contributed by atoms with E-state index in [0.717, 1.165) is 31.3 Å². The first-order chi connectivity index (χ1) is 17.5. The van der Waals surface area contributed by atoms with E-state index < -0.39 is 17.5 Å². The lowest BCUT2D eigenvalue weighted by atomic mass is 9.97. The largest absolute Gasteiger partial charge is 0.489 e. The Morgan fingerprint density at radius 1 is 0.972 bits per heavy atom. The molecular formula is C27H21F3N4O2. The predicted octanol–water partition coefficient (Wildman–Crippen LogP) is 5.07. The number of carbonyl (C=O) groups is 1. The van der Waals surface area contributed by atoms with Crippen LogP contribution in [0.2, 0.25) is 0 Å². The molecule has 1 amide bonds. The molecule has 0 bridgehead atoms. The lowest BCUT2D eigenvalue weighted by Crippen LogP contribution is -2.47. The molecule has 3 heterocycles. The number of pyridine rings is 1. The van der Waals surface area contributed by atoms with Crippen LogP contribution in [0, 0.1) is 17.5 Å². The Morgan fingerprint density at radius 3 is 2.61 bits per heavy atom. The van der Waals surface area contributed by atoms with Crippen molar-refractivity contribution in [3.05, 3.63) is 83.8 Å². The summed E-state index contributed by atoms with van der Waals surface area (Å²) in [6.45, 7) is 2.38. The molecule has 1 fully saturated rings. The third-order valence-corrected chi connectivity index (χ3v) is 6.53. The van der Waals surface area contributed by atoms with Gasteiger partial charge in [-0.1, -0.05) is 30.3 Å². The number of nitrogens with zero attached hydrogens (tertiary/aromatic N) is 3. The van der Waals surface area contributed by atoms with Gasteiger partial charge in [-0.15, -0.1) is 0 Å². The zero-order valence-corrected chi connectivity index (χ0v) is 19.1. The Balaban J connectivity index is 1.45. The van der Waals surface area contributed by atoms with Gasteiger partial charge in [0.2, 0.25) is 0 Å². The van der Waals surface area contributed by atoms with E-state index >= 15 is 0 Å². The van der Waals surface area contributed by atoms with Crippen molar-refractivity contribution in [2.24, 2.45) is 0 Å². The summed E-state index contributed by atoms with van der Waals surface area (Å²) < 4.78 is 48.3. The molecule has 2 aliphatic rings. The zero-order chi connectivity index (χ0) is 24.8. The number of benzene rings is 3. The van der Waals surface area contributed by atoms with E-state index in [2.05, 4.69) is 15.3 Å². The van der Waals surface area contributed by atoms with Crippen molar-refractivity contribution < 1.29 is 22.7 Å². The molecule has 4 aromatic rings. The van der Waals surface area contributed by atoms with Gasteiger partial charge >= 0.3 is 0 Å². The number of halogens is 3. The molecule has 1 aromatic heterocycles. The van der Waals surface area contributed by atoms with Crippen molar-refractivity contribution in [1.29, 1.82) is 0 Å². The number of ether oxygens (including phenoxy) is 1. The second kappa shape index (κ2) is 8.75. The molecule has 1 N–H and O–H groups in total. The van der Waals surface area contributed by atoms with Crippen LogP contribution in [0.1, 0.15) is 16.8 Å². The van der Waals surface area contributed by atoms with Crippen LogP contribution in [0.25, 0.3) is 22.0 Å². The number of carbonyl (C=O) groups excluding carboxylic acids is 1. The second-order valence-electron chi connectivity index (χ2n) is 8.72. The van der Waals surface area contributed by atoms with Crippen LogP contribution < -0.4 is 20.1 Å². The summed E-state index contributed by atoms with van der Waals surface area (Å²) in [6.07, 6.45) is 2.40. The summed E-state index contributed by atoms with van der Waals surface area (Å²) in [6, 6.07) is 13.9. The quantitative estimate of drug-likeness (QED) is 0.405. The number of hydrogen-bond acceptors (Lipinski definition) is 5. The number of rotatable bonds is 4. The number of nitrogens with one attached hydrogen (secondary N) is 1. The molecule has 0 radical (unpaired) electrons. The highest BCUT2D eigenvalue weighted by atomic mass is 19.2. The summed E-state index contributed by atoms with van der Waals surface area (Å²) >= 11 is 0. The van der Waals surface area contributed by atoms with Crippen LogP contribution in [-0.2, 0) is 0 Å². The first-order valence-corrected chi connectivity index (χ1v) is 11.6. The van der Waals surface area contributed by atoms with Gasteiger partial charge in [-0.3, -0.25) is 20.2 Å². The minimum Gasteiger partial charge on any atom is -0.489 e. The molecule has 2 aliphatic heterocycles. The Kier molecular flexibility index (Phi) is 5.40. The van der Waals surface area contributed by atoms with E-state index in [1.54, 1.807) is 23.2 Å². The molecule has 0 aliphatic carbocycles. The normalized spacial score (nSPS) is 14.8. The summed E-state index contributed by atoms with van der Waals surface area (Å²) in [5, 5.41) is 2.35. The highest BCUT2D eigenvalue weighted by Crippen LogP contribution is 2.38. The van der Waals surface area contributed by atoms with Gasteiger partial charge in [-0.2, -0.15) is 0 Å². The lowest BCUT2D eigenvalue weighted by Gasteiger charge is -2.36. The maximum absolute atomic E-state index is 14.7. The van der Waals surface area contributed by atoms with Crippen LogP contribution in [0.5, 0.6) is 5.75 Å². The molecule has 3 aromatic carbocycles. The van der Waals surface area contributed by atoms with Crippen molar-refractivity contribution in [3.8, 4) is 16.9 Å². The van der Waals surface area contributed by atoms with Crippen LogP contribution in [-0.4, -0.2) is 37.1 Å². The van der Waals surface area contributed by atoms with Crippen LogP contribution in [0.3, 0.4) is 0 Å². The van der Waals surface area contributed by atoms with Crippen LogP contribution >= 0.6 is 0 Å². The highest BCUT2D eigenvalue weighted by Gasteiger charge is 2.28. The standard InChI is InChI=1S/C27H21F3N4O2/c28-16-13-19(24(30)21(29)14-16)17-5-3-6-18-25(17)31-15-20(26(18)33-9-4-10-33)27(35)32-34-11-12-36-23-8-2-1-7-22(23)34/h1-3,5-8,13-15H,4,9-12H2,(H,32,35). The minimum absolute atomic E-state index is 0.220. The van der Waals surface area contributed by atoms with E-state index in [1.165, 1.54) is 6.20 Å². The average Bonchev–Trinajstić information content (AvgIpc) is 2.85. The minimum atomic E-state index is -1.27. The van der Waals surface area contributed by atoms with Crippen molar-refractivity contribution in [2.75, 3.05) is 36.1 Å². The van der Waals surface area contributed by atoms with Gasteiger partial charge in [0.05, 0.1) is 29.0 Å². The zero-order valence-electron chi connectivity index (χ0n) is 19.1. The molecule has 0 spiro atoms. The average molecular weight is 490 g/mol. The van der Waals surface area contributed by atoms with Gasteiger partial charge in [0, 0.05) is 41.9 Å². The van der Waals surface area contributed by atoms with Crippen LogP contribution in [0.4, 0.5) is 24.5 Å². The molecular weight excluding hydrogens is 469 g/mol. The third kappa shape index (κ3) is 3.67. The molecule has 1 saturated heterocycles. The number of aromatic nitrogens is 1. The smallest absolute Gasteiger partial charge is 0.273 e. The topological polar surface area (TPSA) is 57.7 Å². The van der Waals surface area contributed by atoms with Crippen LogP contribution in [0.15, 0.2) is 60.8 Å². The summed E-state index contributed by atoms with van der Waals surface area (Å²) in [4.78, 5) is 20.0. The number of para-hydroxylation sites is 3. The SMILES string of the molecule is O=C(NN1CCOc2ccccc21)c1cnc2c(-c3cc(F)cc(F)c3F)cccc2c1N1CCC1. The van der Waals surface area contributed by atoms with Gasteiger partial charge in [0.1, 0.15) is 18.2 Å². The monoisotopic (exact) mass is 490 g/mol. The van der Waals surface area contributed by atoms with E-state index in [9.17, 15) is 18.0 Å². The summed E-state index contributed by atoms with van der Waals surface area (Å²) in [5.41, 5.74) is 5.11. The van der Waals surface area contributed by atoms with Gasteiger partial charge in [0.15, 0.2) is 11.6 Å². The first-order valence-electron chi connectivity index (χ1n) is 11.6. The summed E-state index contributed by atoms with van der Waals surface area (Å²) in [5.74, 6) is -2.98. The molecule has 0 unspecified atom stereocenters.